The van der Waals surface area contributed by atoms with Gasteiger partial charge in [-0.15, -0.1) is 0 Å². The Morgan fingerprint density at radius 3 is 2.00 bits per heavy atom. The molecule has 4 nitrogen and oxygen atoms in total. The lowest BCUT2D eigenvalue weighted by molar-refractivity contribution is -0.118. The van der Waals surface area contributed by atoms with Gasteiger partial charge in [0.2, 0.25) is 0 Å². The van der Waals surface area contributed by atoms with Crippen LogP contribution >= 0.6 is 0 Å². The van der Waals surface area contributed by atoms with Crippen LogP contribution in [-0.4, -0.2) is 15.8 Å². The molecule has 0 atom stereocenters. The van der Waals surface area contributed by atoms with E-state index >= 15 is 0 Å². The molecule has 0 radical (unpaired) electrons. The fraction of sp³-hybridized carbons (Fsp3) is 0.444. The van der Waals surface area contributed by atoms with E-state index < -0.39 is 0 Å². The highest BCUT2D eigenvalue weighted by atomic mass is 16.1. The molecule has 1 rings (SSSR count). The van der Waals surface area contributed by atoms with Crippen LogP contribution in [0.4, 0.5) is 0 Å². The first-order valence-corrected chi connectivity index (χ1v) is 11.5. The van der Waals surface area contributed by atoms with E-state index in [2.05, 4.69) is 77.7 Å². The molecule has 0 spiro atoms. The van der Waals surface area contributed by atoms with E-state index in [4.69, 9.17) is 5.73 Å². The molecule has 168 valence electrons. The molecule has 2 N–H and O–H groups in total. The number of nitrogens with zero attached hydrogens (tertiary/aromatic N) is 2. The quantitative estimate of drug-likeness (QED) is 0.252. The molecule has 1 heterocycles. The minimum Gasteiger partial charge on any atom is -0.326 e. The monoisotopic (exact) mass is 421 g/mol. The average molecular weight is 422 g/mol. The van der Waals surface area contributed by atoms with Crippen molar-refractivity contribution in [2.24, 2.45) is 5.73 Å². The van der Waals surface area contributed by atoms with Gasteiger partial charge < -0.3 is 5.73 Å². The Balaban J connectivity index is 2.09. The summed E-state index contributed by atoms with van der Waals surface area (Å²) in [6.45, 7) is 4.34. The third-order valence-electron chi connectivity index (χ3n) is 4.64. The second-order valence-corrected chi connectivity index (χ2v) is 7.41. The Morgan fingerprint density at radius 1 is 0.903 bits per heavy atom. The van der Waals surface area contributed by atoms with E-state index in [1.54, 1.807) is 6.20 Å². The predicted molar refractivity (Wildman–Crippen MR) is 132 cm³/mol. The van der Waals surface area contributed by atoms with Gasteiger partial charge in [0.15, 0.2) is 0 Å². The van der Waals surface area contributed by atoms with Crippen LogP contribution < -0.4 is 5.73 Å². The molecule has 0 amide bonds. The fourth-order valence-corrected chi connectivity index (χ4v) is 2.93. The number of rotatable bonds is 16. The van der Waals surface area contributed by atoms with Crippen LogP contribution in [0.3, 0.4) is 0 Å². The van der Waals surface area contributed by atoms with Gasteiger partial charge in [0.05, 0.1) is 5.69 Å². The van der Waals surface area contributed by atoms with E-state index in [1.807, 2.05) is 6.92 Å². The number of ketones is 1. The van der Waals surface area contributed by atoms with E-state index in [0.717, 1.165) is 56.2 Å². The summed E-state index contributed by atoms with van der Waals surface area (Å²) in [4.78, 5) is 20.7. The van der Waals surface area contributed by atoms with Crippen LogP contribution in [0.2, 0.25) is 0 Å². The van der Waals surface area contributed by atoms with Gasteiger partial charge in [0, 0.05) is 31.1 Å². The Kier molecular flexibility index (Phi) is 15.5. The topological polar surface area (TPSA) is 68.9 Å². The van der Waals surface area contributed by atoms with Crippen molar-refractivity contribution in [2.45, 2.75) is 78.2 Å². The molecule has 1 aromatic rings. The summed E-state index contributed by atoms with van der Waals surface area (Å²) in [5.41, 5.74) is 7.34. The van der Waals surface area contributed by atoms with Crippen molar-refractivity contribution >= 4 is 5.78 Å². The molecule has 4 heteroatoms. The normalized spacial score (nSPS) is 12.5. The fourth-order valence-electron chi connectivity index (χ4n) is 2.93. The van der Waals surface area contributed by atoms with Crippen molar-refractivity contribution in [1.82, 2.24) is 9.97 Å². The molecular weight excluding hydrogens is 382 g/mol. The SMILES string of the molecule is CC/C=C\C/C=C\C/C=C\C/C=C\C/C=C\CCCC(=O)Cc1nc(C)ncc1CN. The van der Waals surface area contributed by atoms with Gasteiger partial charge in [-0.05, 0) is 51.9 Å². The van der Waals surface area contributed by atoms with E-state index in [1.165, 1.54) is 0 Å². The molecule has 0 aliphatic carbocycles. The number of aryl methyl sites for hydroxylation is 1. The molecule has 0 saturated heterocycles. The van der Waals surface area contributed by atoms with Crippen LogP contribution in [0.5, 0.6) is 0 Å². The molecular formula is C27H39N3O. The Morgan fingerprint density at radius 2 is 1.45 bits per heavy atom. The van der Waals surface area contributed by atoms with E-state index in [9.17, 15) is 4.79 Å². The van der Waals surface area contributed by atoms with Crippen molar-refractivity contribution in [3.63, 3.8) is 0 Å². The van der Waals surface area contributed by atoms with Gasteiger partial charge in [0.25, 0.3) is 0 Å². The molecule has 0 fully saturated rings. The standard InChI is InChI=1S/C27H39N3O/c1-3-4-5-6-7-8-9-10-11-12-13-14-15-16-17-18-19-20-26(31)21-27-25(22-28)23-29-24(2)30-27/h4-5,7-8,10-11,13-14,16-17,23H,3,6,9,12,15,18-22,28H2,1-2H3/b5-4-,8-7-,11-10-,14-13-,17-16-. The zero-order valence-electron chi connectivity index (χ0n) is 19.3. The number of unbranched alkanes of at least 4 members (excludes halogenated alkanes) is 1. The lowest BCUT2D eigenvalue weighted by Crippen LogP contribution is -2.11. The van der Waals surface area contributed by atoms with Crippen LogP contribution in [0.25, 0.3) is 0 Å². The minimum atomic E-state index is 0.208. The van der Waals surface area contributed by atoms with Crippen molar-refractivity contribution in [3.05, 3.63) is 84.0 Å². The molecule has 0 aliphatic rings. The Hall–Kier alpha value is -2.59. The first-order chi connectivity index (χ1) is 15.2. The van der Waals surface area contributed by atoms with Gasteiger partial charge in [-0.25, -0.2) is 9.97 Å². The maximum absolute atomic E-state index is 12.2. The number of hydrogen-bond donors (Lipinski definition) is 1. The number of Topliss-reactive ketones (excluding diaryl/α,β-unsaturated/α-hetero) is 1. The summed E-state index contributed by atoms with van der Waals surface area (Å²) in [6.07, 6.45) is 31.4. The zero-order chi connectivity index (χ0) is 22.6. The summed E-state index contributed by atoms with van der Waals surface area (Å²) < 4.78 is 0. The van der Waals surface area contributed by atoms with Crippen LogP contribution in [-0.2, 0) is 17.8 Å². The predicted octanol–water partition coefficient (Wildman–Crippen LogP) is 6.28. The van der Waals surface area contributed by atoms with Gasteiger partial charge >= 0.3 is 0 Å². The maximum Gasteiger partial charge on any atom is 0.138 e. The molecule has 0 aromatic carbocycles. The van der Waals surface area contributed by atoms with E-state index in [-0.39, 0.29) is 5.78 Å². The largest absolute Gasteiger partial charge is 0.326 e. The second-order valence-electron chi connectivity index (χ2n) is 7.41. The third kappa shape index (κ3) is 14.1. The third-order valence-corrected chi connectivity index (χ3v) is 4.64. The maximum atomic E-state index is 12.2. The van der Waals surface area contributed by atoms with Crippen molar-refractivity contribution in [1.29, 1.82) is 0 Å². The molecule has 0 aliphatic heterocycles. The highest BCUT2D eigenvalue weighted by molar-refractivity contribution is 5.80. The Labute approximate surface area is 188 Å². The second kappa shape index (κ2) is 18.2. The molecule has 31 heavy (non-hydrogen) atoms. The number of carbonyl (C=O) groups excluding carboxylic acids is 1. The summed E-state index contributed by atoms with van der Waals surface area (Å²) in [6, 6.07) is 0. The summed E-state index contributed by atoms with van der Waals surface area (Å²) >= 11 is 0. The lowest BCUT2D eigenvalue weighted by atomic mass is 10.1. The number of aromatic nitrogens is 2. The highest BCUT2D eigenvalue weighted by Crippen LogP contribution is 2.09. The number of nitrogens with two attached hydrogens (primary N) is 1. The van der Waals surface area contributed by atoms with Crippen molar-refractivity contribution in [2.75, 3.05) is 0 Å². The van der Waals surface area contributed by atoms with Crippen LogP contribution in [0, 0.1) is 6.92 Å². The number of hydrogen-bond acceptors (Lipinski definition) is 4. The molecule has 0 bridgehead atoms. The summed E-state index contributed by atoms with van der Waals surface area (Å²) in [5.74, 6) is 0.888. The van der Waals surface area contributed by atoms with Gasteiger partial charge in [-0.3, -0.25) is 4.79 Å². The molecule has 0 saturated carbocycles. The first-order valence-electron chi connectivity index (χ1n) is 11.5. The minimum absolute atomic E-state index is 0.208. The molecule has 1 aromatic heterocycles. The van der Waals surface area contributed by atoms with E-state index in [0.29, 0.717) is 25.2 Å². The van der Waals surface area contributed by atoms with Crippen molar-refractivity contribution < 1.29 is 4.79 Å². The lowest BCUT2D eigenvalue weighted by Gasteiger charge is -2.06. The highest BCUT2D eigenvalue weighted by Gasteiger charge is 2.09. The molecule has 0 unspecified atom stereocenters. The first kappa shape index (κ1) is 26.4. The number of allylic oxidation sites excluding steroid dienone is 10. The van der Waals surface area contributed by atoms with Gasteiger partial charge in [0.1, 0.15) is 11.6 Å². The Bertz CT molecular complexity index is 773. The summed E-state index contributed by atoms with van der Waals surface area (Å²) in [7, 11) is 0. The van der Waals surface area contributed by atoms with Gasteiger partial charge in [-0.1, -0.05) is 67.7 Å². The van der Waals surface area contributed by atoms with Crippen LogP contribution in [0.1, 0.15) is 75.4 Å². The van der Waals surface area contributed by atoms with Crippen LogP contribution in [0.15, 0.2) is 67.0 Å². The summed E-state index contributed by atoms with van der Waals surface area (Å²) in [5, 5.41) is 0. The number of carbonyl (C=O) groups is 1. The zero-order valence-corrected chi connectivity index (χ0v) is 19.3. The van der Waals surface area contributed by atoms with Crippen molar-refractivity contribution in [3.8, 4) is 0 Å². The smallest absolute Gasteiger partial charge is 0.138 e. The van der Waals surface area contributed by atoms with Gasteiger partial charge in [-0.2, -0.15) is 0 Å². The average Bonchev–Trinajstić information content (AvgIpc) is 2.76.